The molecule has 1 aliphatic heterocycles. The first kappa shape index (κ1) is 20.5. The van der Waals surface area contributed by atoms with Gasteiger partial charge in [0.1, 0.15) is 11.5 Å². The summed E-state index contributed by atoms with van der Waals surface area (Å²) in [4.78, 5) is 4.96. The fourth-order valence-corrected chi connectivity index (χ4v) is 3.82. The Hall–Kier alpha value is -2.20. The van der Waals surface area contributed by atoms with Gasteiger partial charge in [-0.15, -0.1) is 0 Å². The van der Waals surface area contributed by atoms with Crippen molar-refractivity contribution >= 4 is 5.69 Å². The predicted octanol–water partition coefficient (Wildman–Crippen LogP) is 4.72. The topological polar surface area (TPSA) is 24.9 Å². The van der Waals surface area contributed by atoms with Gasteiger partial charge in [-0.3, -0.25) is 4.90 Å². The van der Waals surface area contributed by atoms with E-state index in [4.69, 9.17) is 9.47 Å². The summed E-state index contributed by atoms with van der Waals surface area (Å²) in [5.74, 6) is 2.50. The van der Waals surface area contributed by atoms with E-state index in [1.54, 1.807) is 7.11 Å². The van der Waals surface area contributed by atoms with Crippen molar-refractivity contribution in [2.75, 3.05) is 51.3 Å². The number of methoxy groups -OCH3 is 1. The third-order valence-electron chi connectivity index (χ3n) is 5.47. The van der Waals surface area contributed by atoms with Crippen molar-refractivity contribution < 1.29 is 9.47 Å². The van der Waals surface area contributed by atoms with Crippen molar-refractivity contribution in [1.29, 1.82) is 0 Å². The summed E-state index contributed by atoms with van der Waals surface area (Å²) in [6.07, 6.45) is 1.06. The third kappa shape index (κ3) is 5.20. The Kier molecular flexibility index (Phi) is 7.21. The molecule has 0 atom stereocenters. The van der Waals surface area contributed by atoms with E-state index < -0.39 is 0 Å². The number of hydrogen-bond acceptors (Lipinski definition) is 4. The number of piperazine rings is 1. The molecular formula is C24H34N2O2. The quantitative estimate of drug-likeness (QED) is 0.617. The summed E-state index contributed by atoms with van der Waals surface area (Å²) in [6, 6.07) is 14.8. The molecule has 4 nitrogen and oxygen atoms in total. The van der Waals surface area contributed by atoms with E-state index in [1.165, 1.54) is 16.8 Å². The minimum atomic E-state index is 0.485. The van der Waals surface area contributed by atoms with Crippen LogP contribution in [0.25, 0.3) is 0 Å². The van der Waals surface area contributed by atoms with Gasteiger partial charge in [-0.2, -0.15) is 0 Å². The molecule has 0 aromatic heterocycles. The van der Waals surface area contributed by atoms with Gasteiger partial charge in [-0.1, -0.05) is 38.1 Å². The SMILES string of the molecule is COc1ccccc1N1CCN(CCCOc2cc(C)ccc2C(C)C)CC1. The van der Waals surface area contributed by atoms with E-state index in [0.29, 0.717) is 5.92 Å². The number of anilines is 1. The predicted molar refractivity (Wildman–Crippen MR) is 117 cm³/mol. The Balaban J connectivity index is 1.44. The summed E-state index contributed by atoms with van der Waals surface area (Å²) in [5, 5.41) is 0. The van der Waals surface area contributed by atoms with E-state index in [1.807, 2.05) is 12.1 Å². The maximum atomic E-state index is 6.14. The molecule has 4 heteroatoms. The molecule has 152 valence electrons. The largest absolute Gasteiger partial charge is 0.495 e. The van der Waals surface area contributed by atoms with Crippen LogP contribution in [-0.2, 0) is 0 Å². The van der Waals surface area contributed by atoms with Crippen LogP contribution in [0.1, 0.15) is 37.3 Å². The zero-order valence-electron chi connectivity index (χ0n) is 17.8. The Morgan fingerprint density at radius 1 is 0.964 bits per heavy atom. The molecule has 1 saturated heterocycles. The van der Waals surface area contributed by atoms with E-state index >= 15 is 0 Å². The lowest BCUT2D eigenvalue weighted by molar-refractivity contribution is 0.223. The molecule has 0 unspecified atom stereocenters. The van der Waals surface area contributed by atoms with Gasteiger partial charge >= 0.3 is 0 Å². The second-order valence-electron chi connectivity index (χ2n) is 7.90. The molecule has 0 amide bonds. The molecule has 2 aromatic rings. The van der Waals surface area contributed by atoms with Crippen LogP contribution in [0.15, 0.2) is 42.5 Å². The number of aryl methyl sites for hydroxylation is 1. The molecule has 0 radical (unpaired) electrons. The summed E-state index contributed by atoms with van der Waals surface area (Å²) < 4.78 is 11.6. The third-order valence-corrected chi connectivity index (χ3v) is 5.47. The molecule has 0 N–H and O–H groups in total. The van der Waals surface area contributed by atoms with E-state index in [0.717, 1.165) is 57.3 Å². The van der Waals surface area contributed by atoms with Gasteiger partial charge in [-0.25, -0.2) is 0 Å². The van der Waals surface area contributed by atoms with E-state index in [9.17, 15) is 0 Å². The van der Waals surface area contributed by atoms with E-state index in [-0.39, 0.29) is 0 Å². The van der Waals surface area contributed by atoms with Crippen molar-refractivity contribution in [3.05, 3.63) is 53.6 Å². The summed E-state index contributed by atoms with van der Waals surface area (Å²) in [7, 11) is 1.74. The van der Waals surface area contributed by atoms with Gasteiger partial charge in [0.15, 0.2) is 0 Å². The molecule has 2 aromatic carbocycles. The Labute approximate surface area is 170 Å². The lowest BCUT2D eigenvalue weighted by atomic mass is 10.0. The molecule has 0 aliphatic carbocycles. The average molecular weight is 383 g/mol. The van der Waals surface area contributed by atoms with Crippen LogP contribution in [0.2, 0.25) is 0 Å². The Morgan fingerprint density at radius 3 is 2.43 bits per heavy atom. The number of benzene rings is 2. The fraction of sp³-hybridized carbons (Fsp3) is 0.500. The number of hydrogen-bond donors (Lipinski definition) is 0. The van der Waals surface area contributed by atoms with E-state index in [2.05, 4.69) is 60.9 Å². The molecular weight excluding hydrogens is 348 g/mol. The standard InChI is InChI=1S/C24H34N2O2/c1-19(2)21-11-10-20(3)18-24(21)28-17-7-12-25-13-15-26(16-14-25)22-8-5-6-9-23(22)27-4/h5-6,8-11,18-19H,7,12-17H2,1-4H3. The molecule has 3 rings (SSSR count). The van der Waals surface area contributed by atoms with Crippen molar-refractivity contribution in [1.82, 2.24) is 4.90 Å². The first-order chi connectivity index (χ1) is 13.6. The van der Waals surface area contributed by atoms with Gasteiger partial charge in [0, 0.05) is 32.7 Å². The summed E-state index contributed by atoms with van der Waals surface area (Å²) in [6.45, 7) is 12.7. The number of ether oxygens (including phenoxy) is 2. The molecule has 1 fully saturated rings. The van der Waals surface area contributed by atoms with Gasteiger partial charge in [0.05, 0.1) is 19.4 Å². The second-order valence-corrected chi connectivity index (χ2v) is 7.90. The lowest BCUT2D eigenvalue weighted by Gasteiger charge is -2.36. The van der Waals surface area contributed by atoms with Crippen LogP contribution < -0.4 is 14.4 Å². The van der Waals surface area contributed by atoms with Crippen molar-refractivity contribution in [3.63, 3.8) is 0 Å². The van der Waals surface area contributed by atoms with Crippen LogP contribution in [0, 0.1) is 6.92 Å². The van der Waals surface area contributed by atoms with Crippen molar-refractivity contribution in [2.45, 2.75) is 33.1 Å². The first-order valence-corrected chi connectivity index (χ1v) is 10.4. The van der Waals surface area contributed by atoms with Crippen molar-refractivity contribution in [3.8, 4) is 11.5 Å². The van der Waals surface area contributed by atoms with Gasteiger partial charge in [-0.05, 0) is 48.6 Å². The maximum absolute atomic E-state index is 6.14. The highest BCUT2D eigenvalue weighted by molar-refractivity contribution is 5.58. The van der Waals surface area contributed by atoms with Gasteiger partial charge in [0.25, 0.3) is 0 Å². The summed E-state index contributed by atoms with van der Waals surface area (Å²) in [5.41, 5.74) is 3.76. The molecule has 1 heterocycles. The number of rotatable bonds is 8. The minimum absolute atomic E-state index is 0.485. The average Bonchev–Trinajstić information content (AvgIpc) is 2.71. The number of para-hydroxylation sites is 2. The zero-order chi connectivity index (χ0) is 19.9. The Bertz CT molecular complexity index is 752. The van der Waals surface area contributed by atoms with Crippen LogP contribution >= 0.6 is 0 Å². The van der Waals surface area contributed by atoms with Crippen LogP contribution in [-0.4, -0.2) is 51.3 Å². The number of nitrogens with zero attached hydrogens (tertiary/aromatic N) is 2. The lowest BCUT2D eigenvalue weighted by Crippen LogP contribution is -2.46. The highest BCUT2D eigenvalue weighted by atomic mass is 16.5. The molecule has 1 aliphatic rings. The monoisotopic (exact) mass is 382 g/mol. The van der Waals surface area contributed by atoms with Crippen LogP contribution in [0.5, 0.6) is 11.5 Å². The smallest absolute Gasteiger partial charge is 0.142 e. The van der Waals surface area contributed by atoms with Crippen LogP contribution in [0.4, 0.5) is 5.69 Å². The van der Waals surface area contributed by atoms with Gasteiger partial charge in [0.2, 0.25) is 0 Å². The normalized spacial score (nSPS) is 15.1. The maximum Gasteiger partial charge on any atom is 0.142 e. The molecule has 0 bridgehead atoms. The second kappa shape index (κ2) is 9.83. The van der Waals surface area contributed by atoms with Crippen LogP contribution in [0.3, 0.4) is 0 Å². The highest BCUT2D eigenvalue weighted by Crippen LogP contribution is 2.29. The van der Waals surface area contributed by atoms with Gasteiger partial charge < -0.3 is 14.4 Å². The van der Waals surface area contributed by atoms with Crippen molar-refractivity contribution in [2.24, 2.45) is 0 Å². The minimum Gasteiger partial charge on any atom is -0.495 e. The summed E-state index contributed by atoms with van der Waals surface area (Å²) >= 11 is 0. The molecule has 0 spiro atoms. The first-order valence-electron chi connectivity index (χ1n) is 10.4. The highest BCUT2D eigenvalue weighted by Gasteiger charge is 2.19. The Morgan fingerprint density at radius 2 is 1.71 bits per heavy atom. The zero-order valence-corrected chi connectivity index (χ0v) is 17.8. The molecule has 28 heavy (non-hydrogen) atoms. The molecule has 0 saturated carbocycles. The fourth-order valence-electron chi connectivity index (χ4n) is 3.82.